The van der Waals surface area contributed by atoms with Gasteiger partial charge < -0.3 is 10.6 Å². The van der Waals surface area contributed by atoms with E-state index in [0.717, 1.165) is 6.42 Å². The summed E-state index contributed by atoms with van der Waals surface area (Å²) in [6.45, 7) is 8.18. The van der Waals surface area contributed by atoms with Crippen molar-refractivity contribution in [2.24, 2.45) is 5.92 Å². The van der Waals surface area contributed by atoms with Gasteiger partial charge in [-0.05, 0) is 33.2 Å². The zero-order valence-corrected chi connectivity index (χ0v) is 10.6. The van der Waals surface area contributed by atoms with Crippen LogP contribution in [0.25, 0.3) is 0 Å². The number of carbonyl (C=O) groups is 1. The van der Waals surface area contributed by atoms with Crippen molar-refractivity contribution in [2.75, 3.05) is 7.05 Å². The van der Waals surface area contributed by atoms with Crippen molar-refractivity contribution in [1.82, 2.24) is 10.6 Å². The van der Waals surface area contributed by atoms with Gasteiger partial charge in [-0.3, -0.25) is 4.79 Å². The fourth-order valence-electron chi connectivity index (χ4n) is 1.21. The number of carbonyl (C=O) groups excluding carboxylic acids is 1. The number of amides is 1. The molecule has 3 nitrogen and oxygen atoms in total. The van der Waals surface area contributed by atoms with E-state index in [1.165, 1.54) is 0 Å². The van der Waals surface area contributed by atoms with E-state index in [1.54, 1.807) is 0 Å². The second kappa shape index (κ2) is 8.06. The Bertz CT molecular complexity index is 160. The van der Waals surface area contributed by atoms with E-state index in [4.69, 9.17) is 0 Å². The molecule has 0 radical (unpaired) electrons. The number of halogens is 1. The lowest BCUT2D eigenvalue weighted by Gasteiger charge is -2.19. The molecule has 0 rings (SSSR count). The Morgan fingerprint density at radius 3 is 2.00 bits per heavy atom. The summed E-state index contributed by atoms with van der Waals surface area (Å²) >= 11 is 0. The first-order chi connectivity index (χ1) is 5.97. The van der Waals surface area contributed by atoms with Gasteiger partial charge >= 0.3 is 0 Å². The van der Waals surface area contributed by atoms with Crippen molar-refractivity contribution in [1.29, 1.82) is 0 Å². The van der Waals surface area contributed by atoms with Crippen molar-refractivity contribution in [2.45, 2.75) is 46.2 Å². The van der Waals surface area contributed by atoms with Crippen LogP contribution in [0.2, 0.25) is 0 Å². The average Bonchev–Trinajstić information content (AvgIpc) is 1.98. The van der Waals surface area contributed by atoms with Gasteiger partial charge in [0.2, 0.25) is 5.91 Å². The van der Waals surface area contributed by atoms with Crippen LogP contribution in [0.1, 0.15) is 34.1 Å². The molecule has 0 aromatic rings. The Morgan fingerprint density at radius 1 is 1.21 bits per heavy atom. The number of likely N-dealkylation sites (N-methyl/N-ethyl adjacent to an activating group) is 1. The van der Waals surface area contributed by atoms with Gasteiger partial charge in [-0.1, -0.05) is 13.8 Å². The molecule has 4 heteroatoms. The first-order valence-corrected chi connectivity index (χ1v) is 4.95. The lowest BCUT2D eigenvalue weighted by molar-refractivity contribution is -0.123. The highest BCUT2D eigenvalue weighted by Gasteiger charge is 2.17. The Labute approximate surface area is 93.4 Å². The quantitative estimate of drug-likeness (QED) is 0.742. The largest absolute Gasteiger partial charge is 0.353 e. The number of hydrogen-bond donors (Lipinski definition) is 2. The molecular weight excluding hydrogens is 200 g/mol. The molecule has 1 unspecified atom stereocenters. The molecule has 1 amide bonds. The molecule has 0 aromatic heterocycles. The van der Waals surface area contributed by atoms with Crippen LogP contribution in [-0.4, -0.2) is 25.0 Å². The van der Waals surface area contributed by atoms with Gasteiger partial charge in [0.1, 0.15) is 0 Å². The van der Waals surface area contributed by atoms with Crippen LogP contribution in [0.5, 0.6) is 0 Å². The van der Waals surface area contributed by atoms with E-state index < -0.39 is 0 Å². The third-order valence-electron chi connectivity index (χ3n) is 1.80. The first kappa shape index (κ1) is 16.2. The van der Waals surface area contributed by atoms with Crippen LogP contribution in [-0.2, 0) is 4.79 Å². The van der Waals surface area contributed by atoms with Crippen molar-refractivity contribution in [3.63, 3.8) is 0 Å². The number of hydrogen-bond acceptors (Lipinski definition) is 2. The molecule has 86 valence electrons. The highest BCUT2D eigenvalue weighted by molar-refractivity contribution is 5.85. The smallest absolute Gasteiger partial charge is 0.237 e. The zero-order chi connectivity index (χ0) is 10.4. The maximum absolute atomic E-state index is 11.5. The third-order valence-corrected chi connectivity index (χ3v) is 1.80. The summed E-state index contributed by atoms with van der Waals surface area (Å²) in [7, 11) is 1.83. The topological polar surface area (TPSA) is 41.1 Å². The van der Waals surface area contributed by atoms with E-state index in [0.29, 0.717) is 5.92 Å². The molecule has 0 aliphatic rings. The minimum atomic E-state index is -0.0533. The first-order valence-electron chi connectivity index (χ1n) is 4.95. The fourth-order valence-corrected chi connectivity index (χ4v) is 1.21. The van der Waals surface area contributed by atoms with E-state index in [2.05, 4.69) is 24.5 Å². The van der Waals surface area contributed by atoms with E-state index in [1.807, 2.05) is 20.9 Å². The predicted molar refractivity (Wildman–Crippen MR) is 62.8 cm³/mol. The van der Waals surface area contributed by atoms with Crippen LogP contribution < -0.4 is 10.6 Å². The van der Waals surface area contributed by atoms with Crippen LogP contribution in [0.4, 0.5) is 0 Å². The molecule has 0 spiro atoms. The van der Waals surface area contributed by atoms with Gasteiger partial charge in [0, 0.05) is 6.04 Å². The number of rotatable bonds is 5. The van der Waals surface area contributed by atoms with Gasteiger partial charge in [-0.2, -0.15) is 0 Å². The molecule has 0 bridgehead atoms. The summed E-state index contributed by atoms with van der Waals surface area (Å²) < 4.78 is 0. The normalized spacial score (nSPS) is 12.5. The fraction of sp³-hybridized carbons (Fsp3) is 0.900. The molecule has 14 heavy (non-hydrogen) atoms. The summed E-state index contributed by atoms with van der Waals surface area (Å²) in [5.41, 5.74) is 0. The minimum Gasteiger partial charge on any atom is -0.353 e. The Balaban J connectivity index is 0. The van der Waals surface area contributed by atoms with E-state index in [9.17, 15) is 4.79 Å². The maximum atomic E-state index is 11.5. The van der Waals surface area contributed by atoms with Crippen LogP contribution in [0, 0.1) is 5.92 Å². The lowest BCUT2D eigenvalue weighted by atomic mass is 10.0. The maximum Gasteiger partial charge on any atom is 0.237 e. The third kappa shape index (κ3) is 7.15. The van der Waals surface area contributed by atoms with Gasteiger partial charge in [0.05, 0.1) is 6.04 Å². The van der Waals surface area contributed by atoms with Crippen LogP contribution in [0.3, 0.4) is 0 Å². The van der Waals surface area contributed by atoms with Gasteiger partial charge in [0.25, 0.3) is 0 Å². The molecule has 0 saturated carbocycles. The Hall–Kier alpha value is -0.280. The molecule has 0 saturated heterocycles. The van der Waals surface area contributed by atoms with Crippen LogP contribution >= 0.6 is 12.4 Å². The van der Waals surface area contributed by atoms with Crippen LogP contribution in [0.15, 0.2) is 0 Å². The standard InChI is InChI=1S/C10H22N2O.ClH/c1-7(2)6-9(11-5)10(13)12-8(3)4;/h7-9,11H,6H2,1-5H3,(H,12,13);1H. The molecule has 1 atom stereocenters. The molecule has 0 aliphatic carbocycles. The van der Waals surface area contributed by atoms with Crippen molar-refractivity contribution in [3.8, 4) is 0 Å². The van der Waals surface area contributed by atoms with Gasteiger partial charge in [0.15, 0.2) is 0 Å². The Kier molecular flexibility index (Phi) is 9.31. The highest BCUT2D eigenvalue weighted by Crippen LogP contribution is 2.04. The predicted octanol–water partition coefficient (Wildman–Crippen LogP) is 1.57. The van der Waals surface area contributed by atoms with Gasteiger partial charge in [-0.15, -0.1) is 12.4 Å². The Morgan fingerprint density at radius 2 is 1.71 bits per heavy atom. The minimum absolute atomic E-state index is 0. The molecule has 0 aliphatic heterocycles. The molecule has 2 N–H and O–H groups in total. The van der Waals surface area contributed by atoms with Crippen molar-refractivity contribution < 1.29 is 4.79 Å². The van der Waals surface area contributed by atoms with E-state index in [-0.39, 0.29) is 30.4 Å². The summed E-state index contributed by atoms with van der Waals surface area (Å²) in [4.78, 5) is 11.5. The van der Waals surface area contributed by atoms with Gasteiger partial charge in [-0.25, -0.2) is 0 Å². The number of nitrogens with one attached hydrogen (secondary N) is 2. The molecular formula is C10H23ClN2O. The SMILES string of the molecule is CNC(CC(C)C)C(=O)NC(C)C.Cl. The second-order valence-electron chi connectivity index (χ2n) is 4.13. The average molecular weight is 223 g/mol. The summed E-state index contributed by atoms with van der Waals surface area (Å²) in [5.74, 6) is 0.640. The van der Waals surface area contributed by atoms with Crippen molar-refractivity contribution in [3.05, 3.63) is 0 Å². The van der Waals surface area contributed by atoms with E-state index >= 15 is 0 Å². The molecule has 0 heterocycles. The molecule has 0 aromatic carbocycles. The lowest BCUT2D eigenvalue weighted by Crippen LogP contribution is -2.45. The monoisotopic (exact) mass is 222 g/mol. The highest BCUT2D eigenvalue weighted by atomic mass is 35.5. The summed E-state index contributed by atoms with van der Waals surface area (Å²) in [6.07, 6.45) is 0.884. The van der Waals surface area contributed by atoms with Crippen molar-refractivity contribution >= 4 is 18.3 Å². The second-order valence-corrected chi connectivity index (χ2v) is 4.13. The summed E-state index contributed by atoms with van der Waals surface area (Å²) in [5, 5.41) is 5.92. The molecule has 0 fully saturated rings. The zero-order valence-electron chi connectivity index (χ0n) is 9.76. The summed E-state index contributed by atoms with van der Waals surface area (Å²) in [6, 6.07) is 0.165.